The third kappa shape index (κ3) is 3.50. The monoisotopic (exact) mass is 402 g/mol. The van der Waals surface area contributed by atoms with Crippen LogP contribution in [0.4, 0.5) is 5.82 Å². The van der Waals surface area contributed by atoms with Crippen molar-refractivity contribution in [1.29, 1.82) is 0 Å². The molecule has 0 spiro atoms. The van der Waals surface area contributed by atoms with E-state index in [-0.39, 0.29) is 17.6 Å². The van der Waals surface area contributed by atoms with Crippen LogP contribution in [0.5, 0.6) is 0 Å². The number of likely N-dealkylation sites (N-methyl/N-ethyl adjacent to an activating group) is 1. The van der Waals surface area contributed by atoms with Crippen LogP contribution in [-0.4, -0.2) is 50.8 Å². The summed E-state index contributed by atoms with van der Waals surface area (Å²) in [4.78, 5) is 31.8. The molecule has 9 heteroatoms. The molecule has 0 aromatic carbocycles. The van der Waals surface area contributed by atoms with Gasteiger partial charge in [0.25, 0.3) is 11.5 Å². The topological polar surface area (TPSA) is 75.9 Å². The summed E-state index contributed by atoms with van der Waals surface area (Å²) in [6, 6.07) is 5.37. The summed E-state index contributed by atoms with van der Waals surface area (Å²) in [5.41, 5.74) is 0.639. The van der Waals surface area contributed by atoms with E-state index in [0.717, 1.165) is 19.4 Å². The summed E-state index contributed by atoms with van der Waals surface area (Å²) in [5, 5.41) is 3.24. The average Bonchev–Trinajstić information content (AvgIpc) is 3.27. The number of pyridine rings is 1. The second-order valence-electron chi connectivity index (χ2n) is 6.36. The molecule has 2 saturated heterocycles. The van der Waals surface area contributed by atoms with Crippen LogP contribution >= 0.6 is 24.0 Å². The molecule has 1 atom stereocenters. The van der Waals surface area contributed by atoms with Gasteiger partial charge in [0.1, 0.15) is 15.8 Å². The Hall–Kier alpha value is -2.23. The predicted molar refractivity (Wildman–Crippen MR) is 110 cm³/mol. The highest BCUT2D eigenvalue weighted by Crippen LogP contribution is 2.31. The Kier molecular flexibility index (Phi) is 4.98. The fourth-order valence-electron chi connectivity index (χ4n) is 3.06. The number of hydrogen-bond acceptors (Lipinski definition) is 7. The highest BCUT2D eigenvalue weighted by molar-refractivity contribution is 8.26. The molecule has 2 fully saturated rings. The number of aromatic nitrogens is 2. The minimum absolute atomic E-state index is 0.0997. The van der Waals surface area contributed by atoms with Crippen molar-refractivity contribution in [2.45, 2.75) is 18.9 Å². The number of rotatable bonds is 4. The lowest BCUT2D eigenvalue weighted by molar-refractivity contribution is -0.121. The molecule has 1 amide bonds. The van der Waals surface area contributed by atoms with Crippen LogP contribution in [0.2, 0.25) is 0 Å². The number of nitrogens with zero attached hydrogens (tertiary/aromatic N) is 3. The number of fused-ring (bicyclic) bond motifs is 1. The van der Waals surface area contributed by atoms with Gasteiger partial charge in [-0.3, -0.25) is 18.9 Å². The molecule has 2 aliphatic heterocycles. The molecular weight excluding hydrogens is 384 g/mol. The number of amides is 1. The number of nitrogens with one attached hydrogen (secondary N) is 1. The van der Waals surface area contributed by atoms with Gasteiger partial charge in [-0.05, 0) is 31.1 Å². The molecule has 0 bridgehead atoms. The minimum Gasteiger partial charge on any atom is -0.376 e. The highest BCUT2D eigenvalue weighted by Gasteiger charge is 2.29. The molecule has 140 valence electrons. The SMILES string of the molecule is CN1C(=O)/C(=C/c2c(NCC3CCCO3)nc3ccccn3c2=O)SC1=S. The zero-order chi connectivity index (χ0) is 19.0. The summed E-state index contributed by atoms with van der Waals surface area (Å²) in [6.45, 7) is 1.32. The van der Waals surface area contributed by atoms with Crippen molar-refractivity contribution in [2.24, 2.45) is 0 Å². The summed E-state index contributed by atoms with van der Waals surface area (Å²) >= 11 is 6.36. The van der Waals surface area contributed by atoms with E-state index < -0.39 is 0 Å². The van der Waals surface area contributed by atoms with Gasteiger partial charge in [0.05, 0.1) is 16.6 Å². The van der Waals surface area contributed by atoms with Crippen LogP contribution in [0.1, 0.15) is 18.4 Å². The normalized spacial score (nSPS) is 21.6. The van der Waals surface area contributed by atoms with Gasteiger partial charge >= 0.3 is 0 Å². The van der Waals surface area contributed by atoms with Gasteiger partial charge in [-0.1, -0.05) is 30.0 Å². The Balaban J connectivity index is 1.77. The average molecular weight is 403 g/mol. The first-order valence-electron chi connectivity index (χ1n) is 8.63. The van der Waals surface area contributed by atoms with E-state index in [9.17, 15) is 9.59 Å². The summed E-state index contributed by atoms with van der Waals surface area (Å²) < 4.78 is 7.57. The molecule has 27 heavy (non-hydrogen) atoms. The van der Waals surface area contributed by atoms with Gasteiger partial charge in [0.15, 0.2) is 0 Å². The number of thiocarbonyl (C=S) groups is 1. The Bertz CT molecular complexity index is 1010. The molecule has 4 heterocycles. The zero-order valence-corrected chi connectivity index (χ0v) is 16.3. The van der Waals surface area contributed by atoms with E-state index in [1.807, 2.05) is 6.07 Å². The molecule has 0 aliphatic carbocycles. The third-order valence-corrected chi connectivity index (χ3v) is 6.04. The lowest BCUT2D eigenvalue weighted by Crippen LogP contribution is -2.25. The number of ether oxygens (including phenoxy) is 1. The maximum Gasteiger partial charge on any atom is 0.267 e. The Morgan fingerprint density at radius 3 is 3.00 bits per heavy atom. The fraction of sp³-hybridized carbons (Fsp3) is 0.333. The highest BCUT2D eigenvalue weighted by atomic mass is 32.2. The summed E-state index contributed by atoms with van der Waals surface area (Å²) in [7, 11) is 1.63. The first-order valence-corrected chi connectivity index (χ1v) is 9.85. The van der Waals surface area contributed by atoms with Crippen LogP contribution in [0, 0.1) is 0 Å². The van der Waals surface area contributed by atoms with Crippen molar-refractivity contribution in [3.05, 3.63) is 45.2 Å². The smallest absolute Gasteiger partial charge is 0.267 e. The van der Waals surface area contributed by atoms with Crippen LogP contribution in [-0.2, 0) is 9.53 Å². The van der Waals surface area contributed by atoms with E-state index in [0.29, 0.717) is 32.8 Å². The van der Waals surface area contributed by atoms with Crippen LogP contribution in [0.25, 0.3) is 11.7 Å². The van der Waals surface area contributed by atoms with Crippen molar-refractivity contribution in [3.63, 3.8) is 0 Å². The molecule has 1 unspecified atom stereocenters. The standard InChI is InChI=1S/C18H18N4O3S2/c1-21-17(24)13(27-18(21)26)9-12-15(19-10-11-5-4-8-25-11)20-14-6-2-3-7-22(14)16(12)23/h2-3,6-7,9,11,19H,4-5,8,10H2,1H3/b13-9-. The molecule has 2 aliphatic rings. The van der Waals surface area contributed by atoms with Gasteiger partial charge < -0.3 is 10.1 Å². The number of thioether (sulfide) groups is 1. The van der Waals surface area contributed by atoms with Crippen LogP contribution in [0.15, 0.2) is 34.1 Å². The molecule has 2 aromatic rings. The maximum atomic E-state index is 13.0. The Morgan fingerprint density at radius 1 is 1.44 bits per heavy atom. The van der Waals surface area contributed by atoms with Gasteiger partial charge in [0, 0.05) is 26.4 Å². The van der Waals surface area contributed by atoms with Gasteiger partial charge in [-0.2, -0.15) is 0 Å². The second-order valence-corrected chi connectivity index (χ2v) is 8.04. The lowest BCUT2D eigenvalue weighted by atomic mass is 10.2. The van der Waals surface area contributed by atoms with Crippen LogP contribution in [0.3, 0.4) is 0 Å². The molecule has 4 rings (SSSR count). The van der Waals surface area contributed by atoms with E-state index in [1.165, 1.54) is 21.1 Å². The number of carbonyl (C=O) groups is 1. The molecule has 1 N–H and O–H groups in total. The van der Waals surface area contributed by atoms with E-state index in [2.05, 4.69) is 10.3 Å². The largest absolute Gasteiger partial charge is 0.376 e. The summed E-state index contributed by atoms with van der Waals surface area (Å²) in [6.07, 6.45) is 5.35. The zero-order valence-electron chi connectivity index (χ0n) is 14.7. The molecule has 7 nitrogen and oxygen atoms in total. The van der Waals surface area contributed by atoms with Crippen molar-refractivity contribution < 1.29 is 9.53 Å². The molecule has 2 aromatic heterocycles. The van der Waals surface area contributed by atoms with Crippen molar-refractivity contribution in [1.82, 2.24) is 14.3 Å². The van der Waals surface area contributed by atoms with Crippen molar-refractivity contribution in [3.8, 4) is 0 Å². The molecular formula is C18H18N4O3S2. The van der Waals surface area contributed by atoms with Gasteiger partial charge in [-0.25, -0.2) is 4.98 Å². The van der Waals surface area contributed by atoms with Crippen LogP contribution < -0.4 is 10.9 Å². The van der Waals surface area contributed by atoms with E-state index >= 15 is 0 Å². The quantitative estimate of drug-likeness (QED) is 0.620. The van der Waals surface area contributed by atoms with Gasteiger partial charge in [0.2, 0.25) is 0 Å². The summed E-state index contributed by atoms with van der Waals surface area (Å²) in [5.74, 6) is 0.232. The van der Waals surface area contributed by atoms with E-state index in [1.54, 1.807) is 31.5 Å². The molecule has 0 saturated carbocycles. The lowest BCUT2D eigenvalue weighted by Gasteiger charge is -2.14. The van der Waals surface area contributed by atoms with Gasteiger partial charge in [-0.15, -0.1) is 0 Å². The predicted octanol–water partition coefficient (Wildman–Crippen LogP) is 2.12. The molecule has 0 radical (unpaired) electrons. The third-order valence-electron chi connectivity index (χ3n) is 4.55. The van der Waals surface area contributed by atoms with Crippen molar-refractivity contribution in [2.75, 3.05) is 25.5 Å². The Labute approximate surface area is 165 Å². The Morgan fingerprint density at radius 2 is 2.30 bits per heavy atom. The maximum absolute atomic E-state index is 13.0. The van der Waals surface area contributed by atoms with Crippen molar-refractivity contribution >= 4 is 51.7 Å². The number of hydrogen-bond donors (Lipinski definition) is 1. The number of anilines is 1. The number of carbonyl (C=O) groups excluding carboxylic acids is 1. The second kappa shape index (κ2) is 7.41. The minimum atomic E-state index is -0.239. The van der Waals surface area contributed by atoms with E-state index in [4.69, 9.17) is 17.0 Å². The first-order chi connectivity index (χ1) is 13.0. The first kappa shape index (κ1) is 18.1. The fourth-order valence-corrected chi connectivity index (χ4v) is 4.22.